The summed E-state index contributed by atoms with van der Waals surface area (Å²) in [7, 11) is -1.97. The molecular weight excluding hydrogens is 315 g/mol. The van der Waals surface area contributed by atoms with E-state index in [0.29, 0.717) is 0 Å². The highest BCUT2D eigenvalue weighted by atomic mass is 31.2. The SMILES string of the molecule is C#CCOC(=O)CC(C)(OP(=O)(OC)OC)C(=O)OCC#C. The lowest BCUT2D eigenvalue weighted by Gasteiger charge is -2.28. The third-order valence-corrected chi connectivity index (χ3v) is 3.80. The fourth-order valence-electron chi connectivity index (χ4n) is 1.25. The summed E-state index contributed by atoms with van der Waals surface area (Å²) in [5.41, 5.74) is -2.00. The summed E-state index contributed by atoms with van der Waals surface area (Å²) in [4.78, 5) is 23.7. The Hall–Kier alpha value is -1.83. The maximum atomic E-state index is 12.0. The van der Waals surface area contributed by atoms with Crippen LogP contribution in [0, 0.1) is 24.7 Å². The molecule has 0 N–H and O–H groups in total. The van der Waals surface area contributed by atoms with E-state index >= 15 is 0 Å². The number of terminal acetylenes is 2. The third kappa shape index (κ3) is 6.30. The molecule has 1 atom stereocenters. The average Bonchev–Trinajstić information content (AvgIpc) is 2.50. The minimum Gasteiger partial charge on any atom is -0.452 e. The Labute approximate surface area is 129 Å². The number of rotatable bonds is 9. The van der Waals surface area contributed by atoms with E-state index in [1.807, 2.05) is 0 Å². The van der Waals surface area contributed by atoms with Crippen LogP contribution in [-0.2, 0) is 37.2 Å². The van der Waals surface area contributed by atoms with Crippen LogP contribution in [-0.4, -0.2) is 45.0 Å². The topological polar surface area (TPSA) is 97.4 Å². The fourth-order valence-corrected chi connectivity index (χ4v) is 2.18. The summed E-state index contributed by atoms with van der Waals surface area (Å²) in [6, 6.07) is 0. The zero-order chi connectivity index (χ0) is 17.2. The van der Waals surface area contributed by atoms with Gasteiger partial charge in [-0.15, -0.1) is 12.8 Å². The predicted molar refractivity (Wildman–Crippen MR) is 75.3 cm³/mol. The van der Waals surface area contributed by atoms with Crippen molar-refractivity contribution in [1.29, 1.82) is 0 Å². The first-order valence-electron chi connectivity index (χ1n) is 5.89. The zero-order valence-electron chi connectivity index (χ0n) is 12.5. The monoisotopic (exact) mass is 332 g/mol. The molecule has 0 heterocycles. The van der Waals surface area contributed by atoms with Crippen LogP contribution in [0.2, 0.25) is 0 Å². The number of ether oxygens (including phenoxy) is 2. The van der Waals surface area contributed by atoms with Gasteiger partial charge >= 0.3 is 19.8 Å². The lowest BCUT2D eigenvalue weighted by Crippen LogP contribution is -2.42. The van der Waals surface area contributed by atoms with Gasteiger partial charge in [0, 0.05) is 14.2 Å². The molecule has 0 aromatic rings. The van der Waals surface area contributed by atoms with Crippen molar-refractivity contribution in [3.05, 3.63) is 0 Å². The molecule has 0 aromatic heterocycles. The quantitative estimate of drug-likeness (QED) is 0.349. The third-order valence-electron chi connectivity index (χ3n) is 2.28. The standard InChI is InChI=1S/C13H17O8P/c1-6-8-19-11(14)10-13(3,12(15)20-9-7-2)21-22(16,17-4)18-5/h1-2H,8-10H2,3-5H3. The van der Waals surface area contributed by atoms with Gasteiger partial charge in [0.25, 0.3) is 0 Å². The molecule has 122 valence electrons. The molecule has 0 aromatic carbocycles. The second-order valence-electron chi connectivity index (χ2n) is 3.96. The van der Waals surface area contributed by atoms with E-state index in [2.05, 4.69) is 25.6 Å². The van der Waals surface area contributed by atoms with E-state index in [9.17, 15) is 14.2 Å². The molecule has 0 fully saturated rings. The molecule has 0 saturated heterocycles. The Morgan fingerprint density at radius 2 is 1.59 bits per heavy atom. The summed E-state index contributed by atoms with van der Waals surface area (Å²) in [5, 5.41) is 0. The van der Waals surface area contributed by atoms with Crippen LogP contribution in [0.25, 0.3) is 0 Å². The maximum Gasteiger partial charge on any atom is 0.475 e. The van der Waals surface area contributed by atoms with Crippen molar-refractivity contribution < 1.29 is 37.2 Å². The van der Waals surface area contributed by atoms with Gasteiger partial charge in [-0.25, -0.2) is 9.36 Å². The summed E-state index contributed by atoms with van der Waals surface area (Å²) < 4.78 is 35.6. The number of carbonyl (C=O) groups excluding carboxylic acids is 2. The number of carbonyl (C=O) groups is 2. The number of phosphoric ester groups is 1. The van der Waals surface area contributed by atoms with Gasteiger partial charge in [0.1, 0.15) is 0 Å². The molecule has 8 nitrogen and oxygen atoms in total. The molecule has 0 amide bonds. The van der Waals surface area contributed by atoms with Gasteiger partial charge in [0.05, 0.1) is 6.42 Å². The van der Waals surface area contributed by atoms with Gasteiger partial charge in [-0.3, -0.25) is 18.4 Å². The Balaban J connectivity index is 5.26. The molecule has 0 aliphatic heterocycles. The highest BCUT2D eigenvalue weighted by Gasteiger charge is 2.46. The van der Waals surface area contributed by atoms with Gasteiger partial charge in [0.15, 0.2) is 18.8 Å². The van der Waals surface area contributed by atoms with Crippen LogP contribution >= 0.6 is 7.82 Å². The molecule has 22 heavy (non-hydrogen) atoms. The van der Waals surface area contributed by atoms with Gasteiger partial charge in [0.2, 0.25) is 0 Å². The summed E-state index contributed by atoms with van der Waals surface area (Å²) in [6.07, 6.45) is 9.30. The van der Waals surface area contributed by atoms with Gasteiger partial charge < -0.3 is 9.47 Å². The van der Waals surface area contributed by atoms with Crippen molar-refractivity contribution in [3.63, 3.8) is 0 Å². The van der Waals surface area contributed by atoms with Crippen molar-refractivity contribution >= 4 is 19.8 Å². The van der Waals surface area contributed by atoms with E-state index in [1.165, 1.54) is 0 Å². The van der Waals surface area contributed by atoms with E-state index < -0.39 is 31.8 Å². The largest absolute Gasteiger partial charge is 0.475 e. The number of esters is 2. The summed E-state index contributed by atoms with van der Waals surface area (Å²) in [5.74, 6) is 2.27. The molecule has 0 radical (unpaired) electrons. The van der Waals surface area contributed by atoms with Gasteiger partial charge in [-0.05, 0) is 6.92 Å². The van der Waals surface area contributed by atoms with E-state index in [1.54, 1.807) is 0 Å². The Morgan fingerprint density at radius 1 is 1.09 bits per heavy atom. The molecular formula is C13H17O8P. The highest BCUT2D eigenvalue weighted by Crippen LogP contribution is 2.52. The van der Waals surface area contributed by atoms with E-state index in [4.69, 9.17) is 22.1 Å². The van der Waals surface area contributed by atoms with Crippen molar-refractivity contribution in [1.82, 2.24) is 0 Å². The Kier molecular flexibility index (Phi) is 8.47. The van der Waals surface area contributed by atoms with Crippen LogP contribution in [0.3, 0.4) is 0 Å². The van der Waals surface area contributed by atoms with Crippen molar-refractivity contribution in [2.45, 2.75) is 18.9 Å². The molecule has 0 spiro atoms. The minimum absolute atomic E-state index is 0.291. The highest BCUT2D eigenvalue weighted by molar-refractivity contribution is 7.48. The molecule has 0 aliphatic carbocycles. The smallest absolute Gasteiger partial charge is 0.452 e. The first kappa shape index (κ1) is 20.2. The van der Waals surface area contributed by atoms with Gasteiger partial charge in [-0.1, -0.05) is 11.8 Å². The zero-order valence-corrected chi connectivity index (χ0v) is 13.4. The predicted octanol–water partition coefficient (Wildman–Crippen LogP) is 0.905. The molecule has 1 unspecified atom stereocenters. The first-order valence-corrected chi connectivity index (χ1v) is 7.35. The summed E-state index contributed by atoms with van der Waals surface area (Å²) >= 11 is 0. The second-order valence-corrected chi connectivity index (χ2v) is 5.76. The molecule has 0 bridgehead atoms. The number of phosphoric acid groups is 1. The second kappa shape index (κ2) is 9.24. The number of hydrogen-bond donors (Lipinski definition) is 0. The van der Waals surface area contributed by atoms with Crippen LogP contribution in [0.15, 0.2) is 0 Å². The molecule has 0 rings (SSSR count). The normalized spacial score (nSPS) is 13.3. The molecule has 0 aliphatic rings. The van der Waals surface area contributed by atoms with Crippen LogP contribution < -0.4 is 0 Å². The first-order chi connectivity index (χ1) is 10.3. The maximum absolute atomic E-state index is 12.0. The van der Waals surface area contributed by atoms with Crippen molar-refractivity contribution in [2.75, 3.05) is 27.4 Å². The van der Waals surface area contributed by atoms with Crippen LogP contribution in [0.5, 0.6) is 0 Å². The Bertz CT molecular complexity index is 521. The van der Waals surface area contributed by atoms with E-state index in [-0.39, 0.29) is 13.2 Å². The minimum atomic E-state index is -4.07. The van der Waals surface area contributed by atoms with Crippen molar-refractivity contribution in [2.24, 2.45) is 0 Å². The van der Waals surface area contributed by atoms with Crippen molar-refractivity contribution in [3.8, 4) is 24.7 Å². The summed E-state index contributed by atoms with van der Waals surface area (Å²) in [6.45, 7) is 0.510. The lowest BCUT2D eigenvalue weighted by atomic mass is 10.0. The fraction of sp³-hybridized carbons (Fsp3) is 0.538. The Morgan fingerprint density at radius 3 is 2.05 bits per heavy atom. The van der Waals surface area contributed by atoms with E-state index in [0.717, 1.165) is 21.1 Å². The molecule has 0 saturated carbocycles. The lowest BCUT2D eigenvalue weighted by molar-refractivity contribution is -0.167. The van der Waals surface area contributed by atoms with Gasteiger partial charge in [-0.2, -0.15) is 0 Å². The van der Waals surface area contributed by atoms with Crippen LogP contribution in [0.4, 0.5) is 0 Å². The molecule has 9 heteroatoms. The van der Waals surface area contributed by atoms with Crippen LogP contribution in [0.1, 0.15) is 13.3 Å². The average molecular weight is 332 g/mol. The number of hydrogen-bond acceptors (Lipinski definition) is 8.